The summed E-state index contributed by atoms with van der Waals surface area (Å²) in [5, 5.41) is 0. The topological polar surface area (TPSA) is 0 Å². The van der Waals surface area contributed by atoms with E-state index in [1.807, 2.05) is 0 Å². The van der Waals surface area contributed by atoms with Crippen molar-refractivity contribution >= 4 is 0 Å². The van der Waals surface area contributed by atoms with Crippen LogP contribution in [-0.4, -0.2) is 0 Å². The standard InChI is InChI=1S/C14H24/c1-5-7-9-13(3)11-12-14(4)10-8-6-2/h5-8,11,14H,9-10,12H2,1-4H3. The highest BCUT2D eigenvalue weighted by atomic mass is 14.0. The van der Waals surface area contributed by atoms with E-state index >= 15 is 0 Å². The fourth-order valence-electron chi connectivity index (χ4n) is 1.25. The van der Waals surface area contributed by atoms with E-state index in [-0.39, 0.29) is 0 Å². The lowest BCUT2D eigenvalue weighted by Gasteiger charge is -2.05. The third kappa shape index (κ3) is 7.85. The summed E-state index contributed by atoms with van der Waals surface area (Å²) in [6, 6.07) is 0. The number of rotatable bonds is 6. The molecule has 0 aliphatic rings. The van der Waals surface area contributed by atoms with Crippen LogP contribution in [0.15, 0.2) is 36.0 Å². The molecule has 0 rings (SSSR count). The Morgan fingerprint density at radius 2 is 1.71 bits per heavy atom. The minimum absolute atomic E-state index is 0.770. The van der Waals surface area contributed by atoms with E-state index in [0.717, 1.165) is 12.3 Å². The molecule has 0 aromatic rings. The van der Waals surface area contributed by atoms with Crippen LogP contribution in [0.5, 0.6) is 0 Å². The van der Waals surface area contributed by atoms with Gasteiger partial charge in [0.2, 0.25) is 0 Å². The van der Waals surface area contributed by atoms with Crippen molar-refractivity contribution in [1.29, 1.82) is 0 Å². The summed E-state index contributed by atoms with van der Waals surface area (Å²) in [5.41, 5.74) is 1.48. The smallest absolute Gasteiger partial charge is 0.0142 e. The molecule has 0 N–H and O–H groups in total. The van der Waals surface area contributed by atoms with Crippen molar-refractivity contribution in [1.82, 2.24) is 0 Å². The molecule has 0 nitrogen and oxygen atoms in total. The summed E-state index contributed by atoms with van der Waals surface area (Å²) in [6.07, 6.45) is 14.6. The fourth-order valence-corrected chi connectivity index (χ4v) is 1.25. The second-order valence-corrected chi connectivity index (χ2v) is 3.97. The van der Waals surface area contributed by atoms with Gasteiger partial charge in [-0.15, -0.1) is 0 Å². The number of hydrogen-bond acceptors (Lipinski definition) is 0. The van der Waals surface area contributed by atoms with Gasteiger partial charge < -0.3 is 0 Å². The van der Waals surface area contributed by atoms with E-state index in [1.54, 1.807) is 0 Å². The van der Waals surface area contributed by atoms with Crippen molar-refractivity contribution < 1.29 is 0 Å². The predicted molar refractivity (Wildman–Crippen MR) is 66.4 cm³/mol. The molecule has 0 amide bonds. The van der Waals surface area contributed by atoms with Gasteiger partial charge in [0, 0.05) is 0 Å². The Kier molecular flexibility index (Phi) is 8.31. The van der Waals surface area contributed by atoms with Gasteiger partial charge in [-0.1, -0.05) is 42.9 Å². The van der Waals surface area contributed by atoms with E-state index in [1.165, 1.54) is 18.4 Å². The van der Waals surface area contributed by atoms with Gasteiger partial charge in [-0.3, -0.25) is 0 Å². The van der Waals surface area contributed by atoms with Crippen LogP contribution >= 0.6 is 0 Å². The third-order valence-electron chi connectivity index (χ3n) is 2.32. The average Bonchev–Trinajstić information content (AvgIpc) is 2.20. The Morgan fingerprint density at radius 1 is 1.07 bits per heavy atom. The second-order valence-electron chi connectivity index (χ2n) is 3.97. The van der Waals surface area contributed by atoms with Crippen LogP contribution in [0.25, 0.3) is 0 Å². The average molecular weight is 192 g/mol. The maximum absolute atomic E-state index is 2.37. The quantitative estimate of drug-likeness (QED) is 0.525. The molecule has 0 aromatic heterocycles. The van der Waals surface area contributed by atoms with E-state index < -0.39 is 0 Å². The zero-order chi connectivity index (χ0) is 10.8. The van der Waals surface area contributed by atoms with Crippen molar-refractivity contribution in [2.24, 2.45) is 5.92 Å². The normalized spacial score (nSPS) is 15.6. The monoisotopic (exact) mass is 192 g/mol. The zero-order valence-corrected chi connectivity index (χ0v) is 10.1. The molecule has 0 aliphatic heterocycles. The van der Waals surface area contributed by atoms with Gasteiger partial charge in [0.15, 0.2) is 0 Å². The lowest BCUT2D eigenvalue weighted by atomic mass is 10.0. The van der Waals surface area contributed by atoms with E-state index in [2.05, 4.69) is 58.1 Å². The highest BCUT2D eigenvalue weighted by Crippen LogP contribution is 2.12. The highest BCUT2D eigenvalue weighted by molar-refractivity contribution is 5.04. The summed E-state index contributed by atoms with van der Waals surface area (Å²) in [5.74, 6) is 0.770. The van der Waals surface area contributed by atoms with Crippen LogP contribution in [0, 0.1) is 5.92 Å². The molecule has 0 fully saturated rings. The van der Waals surface area contributed by atoms with Crippen LogP contribution in [-0.2, 0) is 0 Å². The minimum atomic E-state index is 0.770. The molecule has 0 saturated heterocycles. The van der Waals surface area contributed by atoms with Crippen LogP contribution in [0.2, 0.25) is 0 Å². The van der Waals surface area contributed by atoms with Crippen molar-refractivity contribution in [2.45, 2.75) is 47.0 Å². The molecule has 0 bridgehead atoms. The first-order valence-corrected chi connectivity index (χ1v) is 5.58. The van der Waals surface area contributed by atoms with Crippen molar-refractivity contribution in [3.05, 3.63) is 36.0 Å². The molecule has 0 aromatic carbocycles. The van der Waals surface area contributed by atoms with Gasteiger partial charge in [0.25, 0.3) is 0 Å². The zero-order valence-electron chi connectivity index (χ0n) is 10.1. The van der Waals surface area contributed by atoms with Crippen LogP contribution in [0.3, 0.4) is 0 Å². The maximum Gasteiger partial charge on any atom is -0.0142 e. The fraction of sp³-hybridized carbons (Fsp3) is 0.571. The lowest BCUT2D eigenvalue weighted by molar-refractivity contribution is 0.600. The molecule has 0 radical (unpaired) electrons. The first-order chi connectivity index (χ1) is 6.70. The van der Waals surface area contributed by atoms with Crippen LogP contribution in [0.4, 0.5) is 0 Å². The molecule has 0 saturated carbocycles. The van der Waals surface area contributed by atoms with Crippen molar-refractivity contribution in [3.8, 4) is 0 Å². The predicted octanol–water partition coefficient (Wildman–Crippen LogP) is 4.89. The Balaban J connectivity index is 3.77. The summed E-state index contributed by atoms with van der Waals surface area (Å²) in [4.78, 5) is 0. The lowest BCUT2D eigenvalue weighted by Crippen LogP contribution is -1.90. The van der Waals surface area contributed by atoms with E-state index in [9.17, 15) is 0 Å². The van der Waals surface area contributed by atoms with Crippen LogP contribution in [0.1, 0.15) is 47.0 Å². The van der Waals surface area contributed by atoms with Gasteiger partial charge in [-0.25, -0.2) is 0 Å². The molecule has 1 atom stereocenters. The Morgan fingerprint density at radius 3 is 2.29 bits per heavy atom. The van der Waals surface area contributed by atoms with Gasteiger partial charge in [0.1, 0.15) is 0 Å². The molecular weight excluding hydrogens is 168 g/mol. The molecule has 0 aliphatic carbocycles. The van der Waals surface area contributed by atoms with E-state index in [0.29, 0.717) is 0 Å². The molecule has 0 spiro atoms. The largest absolute Gasteiger partial charge is 0.0917 e. The van der Waals surface area contributed by atoms with Gasteiger partial charge in [0.05, 0.1) is 0 Å². The summed E-state index contributed by atoms with van der Waals surface area (Å²) in [7, 11) is 0. The third-order valence-corrected chi connectivity index (χ3v) is 2.32. The van der Waals surface area contributed by atoms with Gasteiger partial charge in [-0.05, 0) is 46.0 Å². The number of hydrogen-bond donors (Lipinski definition) is 0. The number of allylic oxidation sites excluding steroid dienone is 6. The molecule has 14 heavy (non-hydrogen) atoms. The summed E-state index contributed by atoms with van der Waals surface area (Å²) < 4.78 is 0. The van der Waals surface area contributed by atoms with Gasteiger partial charge in [-0.2, -0.15) is 0 Å². The Hall–Kier alpha value is -0.780. The van der Waals surface area contributed by atoms with E-state index in [4.69, 9.17) is 0 Å². The summed E-state index contributed by atoms with van der Waals surface area (Å²) in [6.45, 7) is 8.67. The van der Waals surface area contributed by atoms with Crippen molar-refractivity contribution in [2.75, 3.05) is 0 Å². The molecule has 80 valence electrons. The molecule has 1 unspecified atom stereocenters. The van der Waals surface area contributed by atoms with Crippen molar-refractivity contribution in [3.63, 3.8) is 0 Å². The Bertz CT molecular complexity index is 206. The Labute approximate surface area is 89.4 Å². The SMILES string of the molecule is CC=CCC(C)=CCC(C)CC=CC. The van der Waals surface area contributed by atoms with Gasteiger partial charge >= 0.3 is 0 Å². The minimum Gasteiger partial charge on any atom is -0.0917 e. The second kappa shape index (κ2) is 8.80. The summed E-state index contributed by atoms with van der Waals surface area (Å²) >= 11 is 0. The first kappa shape index (κ1) is 13.2. The molecule has 0 heteroatoms. The first-order valence-electron chi connectivity index (χ1n) is 5.58. The molecule has 0 heterocycles. The molecular formula is C14H24. The maximum atomic E-state index is 2.37. The van der Waals surface area contributed by atoms with Crippen LogP contribution < -0.4 is 0 Å². The highest BCUT2D eigenvalue weighted by Gasteiger charge is 1.96.